The molecule has 1 aromatic rings. The molecule has 4 nitrogen and oxygen atoms in total. The fourth-order valence-corrected chi connectivity index (χ4v) is 1.36. The highest BCUT2D eigenvalue weighted by Crippen LogP contribution is 2.16. The van der Waals surface area contributed by atoms with Crippen LogP contribution in [0.4, 0.5) is 5.69 Å². The normalized spacial score (nSPS) is 11.9. The number of hydrogen-bond donors (Lipinski definition) is 2. The highest BCUT2D eigenvalue weighted by atomic mass is 79.9. The van der Waals surface area contributed by atoms with Crippen molar-refractivity contribution >= 4 is 27.5 Å². The summed E-state index contributed by atoms with van der Waals surface area (Å²) in [6.07, 6.45) is 3.65. The van der Waals surface area contributed by atoms with Gasteiger partial charge in [-0.2, -0.15) is 0 Å². The number of rotatable bonds is 4. The smallest absolute Gasteiger partial charge is 0.241 e. The summed E-state index contributed by atoms with van der Waals surface area (Å²) in [4.78, 5) is 15.7. The summed E-state index contributed by atoms with van der Waals surface area (Å²) < 4.78 is 0.765. The van der Waals surface area contributed by atoms with Gasteiger partial charge in [-0.25, -0.2) is 4.98 Å². The van der Waals surface area contributed by atoms with E-state index in [9.17, 15) is 4.79 Å². The van der Waals surface area contributed by atoms with Crippen LogP contribution in [0.1, 0.15) is 12.0 Å². The number of hydrogen-bond acceptors (Lipinski definition) is 3. The maximum atomic E-state index is 11.6. The molecule has 16 heavy (non-hydrogen) atoms. The lowest BCUT2D eigenvalue weighted by molar-refractivity contribution is -0.117. The highest BCUT2D eigenvalue weighted by Gasteiger charge is 2.12. The fourth-order valence-electron chi connectivity index (χ4n) is 1.15. The first-order chi connectivity index (χ1) is 7.54. The molecule has 0 fully saturated rings. The fraction of sp³-hybridized carbons (Fsp3) is 0.273. The number of carbonyl (C=O) groups excluding carboxylic acids is 1. The van der Waals surface area contributed by atoms with Crippen molar-refractivity contribution in [2.75, 3.05) is 5.32 Å². The molecule has 0 saturated heterocycles. The molecule has 1 amide bonds. The zero-order valence-corrected chi connectivity index (χ0v) is 10.6. The van der Waals surface area contributed by atoms with Gasteiger partial charge in [0.05, 0.1) is 17.9 Å². The molecular weight excluding hydrogens is 270 g/mol. The maximum absolute atomic E-state index is 11.6. The monoisotopic (exact) mass is 283 g/mol. The molecule has 0 aliphatic rings. The summed E-state index contributed by atoms with van der Waals surface area (Å²) in [5.41, 5.74) is 7.23. The Morgan fingerprint density at radius 2 is 2.50 bits per heavy atom. The Kier molecular flexibility index (Phi) is 4.64. The molecule has 0 bridgehead atoms. The number of nitrogens with one attached hydrogen (secondary N) is 1. The Labute approximate surface area is 103 Å². The van der Waals surface area contributed by atoms with Crippen LogP contribution in [0, 0.1) is 6.92 Å². The second-order valence-corrected chi connectivity index (χ2v) is 4.20. The van der Waals surface area contributed by atoms with E-state index in [1.54, 1.807) is 12.3 Å². The lowest BCUT2D eigenvalue weighted by atomic mass is 10.2. The van der Waals surface area contributed by atoms with Gasteiger partial charge in [0.1, 0.15) is 4.60 Å². The van der Waals surface area contributed by atoms with Crippen LogP contribution in [0.15, 0.2) is 29.5 Å². The van der Waals surface area contributed by atoms with Gasteiger partial charge >= 0.3 is 0 Å². The quantitative estimate of drug-likeness (QED) is 0.656. The first-order valence-corrected chi connectivity index (χ1v) is 5.63. The molecule has 1 unspecified atom stereocenters. The zero-order chi connectivity index (χ0) is 12.1. The standard InChI is InChI=1S/C11H14BrN3O/c1-3-4-9(13)11(16)15-8-5-7(2)10(12)14-6-8/h3,5-6,9H,1,4,13H2,2H3,(H,15,16). The molecule has 5 heteroatoms. The van der Waals surface area contributed by atoms with E-state index in [0.717, 1.165) is 10.2 Å². The van der Waals surface area contributed by atoms with Gasteiger partial charge in [0.25, 0.3) is 0 Å². The van der Waals surface area contributed by atoms with Crippen molar-refractivity contribution in [1.82, 2.24) is 4.98 Å². The summed E-state index contributed by atoms with van der Waals surface area (Å²) in [6.45, 7) is 5.44. The van der Waals surface area contributed by atoms with Gasteiger partial charge < -0.3 is 11.1 Å². The number of carbonyl (C=O) groups is 1. The Hall–Kier alpha value is -1.20. The van der Waals surface area contributed by atoms with E-state index in [1.807, 2.05) is 13.0 Å². The van der Waals surface area contributed by atoms with Crippen LogP contribution in [0.2, 0.25) is 0 Å². The molecule has 1 atom stereocenters. The lowest BCUT2D eigenvalue weighted by Gasteiger charge is -2.10. The second kappa shape index (κ2) is 5.77. The van der Waals surface area contributed by atoms with Gasteiger partial charge in [-0.05, 0) is 40.9 Å². The molecule has 1 heterocycles. The van der Waals surface area contributed by atoms with E-state index in [-0.39, 0.29) is 5.91 Å². The van der Waals surface area contributed by atoms with Crippen LogP contribution in [-0.4, -0.2) is 16.9 Å². The summed E-state index contributed by atoms with van der Waals surface area (Å²) in [7, 11) is 0. The molecule has 1 rings (SSSR count). The summed E-state index contributed by atoms with van der Waals surface area (Å²) >= 11 is 3.29. The number of nitrogens with zero attached hydrogens (tertiary/aromatic N) is 1. The topological polar surface area (TPSA) is 68.0 Å². The van der Waals surface area contributed by atoms with Crippen molar-refractivity contribution in [3.05, 3.63) is 35.1 Å². The van der Waals surface area contributed by atoms with Crippen LogP contribution >= 0.6 is 15.9 Å². The molecular formula is C11H14BrN3O. The number of anilines is 1. The first kappa shape index (κ1) is 12.9. The van der Waals surface area contributed by atoms with E-state index in [0.29, 0.717) is 12.1 Å². The Balaban J connectivity index is 2.69. The molecule has 3 N–H and O–H groups in total. The van der Waals surface area contributed by atoms with E-state index in [2.05, 4.69) is 32.8 Å². The number of nitrogens with two attached hydrogens (primary N) is 1. The van der Waals surface area contributed by atoms with E-state index in [1.165, 1.54) is 0 Å². The third-order valence-corrected chi connectivity index (χ3v) is 2.87. The third kappa shape index (κ3) is 3.43. The summed E-state index contributed by atoms with van der Waals surface area (Å²) in [5.74, 6) is -0.233. The van der Waals surface area contributed by atoms with Gasteiger partial charge in [-0.3, -0.25) is 4.79 Å². The molecule has 0 saturated carbocycles. The predicted octanol–water partition coefficient (Wildman–Crippen LogP) is 1.99. The first-order valence-electron chi connectivity index (χ1n) is 4.84. The van der Waals surface area contributed by atoms with Crippen LogP contribution in [0.5, 0.6) is 0 Å². The number of halogens is 1. The van der Waals surface area contributed by atoms with Gasteiger partial charge in [0.2, 0.25) is 5.91 Å². The molecule has 0 aliphatic carbocycles. The van der Waals surface area contributed by atoms with Crippen LogP contribution in [0.3, 0.4) is 0 Å². The Morgan fingerprint density at radius 1 is 1.81 bits per heavy atom. The minimum atomic E-state index is -0.568. The maximum Gasteiger partial charge on any atom is 0.241 e. The Morgan fingerprint density at radius 3 is 3.06 bits per heavy atom. The minimum absolute atomic E-state index is 0.233. The molecule has 86 valence electrons. The number of aryl methyl sites for hydroxylation is 1. The van der Waals surface area contributed by atoms with Crippen LogP contribution < -0.4 is 11.1 Å². The average molecular weight is 284 g/mol. The minimum Gasteiger partial charge on any atom is -0.323 e. The van der Waals surface area contributed by atoms with Crippen LogP contribution in [-0.2, 0) is 4.79 Å². The summed E-state index contributed by atoms with van der Waals surface area (Å²) in [5, 5.41) is 2.70. The summed E-state index contributed by atoms with van der Waals surface area (Å²) in [6, 6.07) is 1.26. The molecule has 0 spiro atoms. The van der Waals surface area contributed by atoms with Crippen molar-refractivity contribution in [3.8, 4) is 0 Å². The van der Waals surface area contributed by atoms with Crippen molar-refractivity contribution in [2.24, 2.45) is 5.73 Å². The molecule has 0 aromatic carbocycles. The van der Waals surface area contributed by atoms with Crippen molar-refractivity contribution in [1.29, 1.82) is 0 Å². The Bertz CT molecular complexity index is 406. The number of pyridine rings is 1. The molecule has 1 aromatic heterocycles. The van der Waals surface area contributed by atoms with Gasteiger partial charge in [-0.15, -0.1) is 6.58 Å². The number of amides is 1. The lowest BCUT2D eigenvalue weighted by Crippen LogP contribution is -2.35. The SMILES string of the molecule is C=CCC(N)C(=O)Nc1cnc(Br)c(C)c1. The van der Waals surface area contributed by atoms with E-state index in [4.69, 9.17) is 5.73 Å². The van der Waals surface area contributed by atoms with Gasteiger partial charge in [0, 0.05) is 0 Å². The van der Waals surface area contributed by atoms with E-state index >= 15 is 0 Å². The predicted molar refractivity (Wildman–Crippen MR) is 68.1 cm³/mol. The van der Waals surface area contributed by atoms with Gasteiger partial charge in [0.15, 0.2) is 0 Å². The van der Waals surface area contributed by atoms with Crippen molar-refractivity contribution in [3.63, 3.8) is 0 Å². The van der Waals surface area contributed by atoms with Crippen molar-refractivity contribution < 1.29 is 4.79 Å². The van der Waals surface area contributed by atoms with Gasteiger partial charge in [-0.1, -0.05) is 6.08 Å². The second-order valence-electron chi connectivity index (χ2n) is 3.45. The van der Waals surface area contributed by atoms with Crippen molar-refractivity contribution in [2.45, 2.75) is 19.4 Å². The average Bonchev–Trinajstić information content (AvgIpc) is 2.24. The zero-order valence-electron chi connectivity index (χ0n) is 9.03. The third-order valence-electron chi connectivity index (χ3n) is 2.04. The molecule has 0 aliphatic heterocycles. The molecule has 0 radical (unpaired) electrons. The number of aromatic nitrogens is 1. The highest BCUT2D eigenvalue weighted by molar-refractivity contribution is 9.10. The van der Waals surface area contributed by atoms with Crippen LogP contribution in [0.25, 0.3) is 0 Å². The largest absolute Gasteiger partial charge is 0.323 e. The van der Waals surface area contributed by atoms with E-state index < -0.39 is 6.04 Å².